The molecule has 0 aromatic heterocycles. The Kier molecular flexibility index (Phi) is 5.23. The molecule has 1 heteroatoms. The van der Waals surface area contributed by atoms with Crippen LogP contribution >= 0.6 is 12.6 Å². The summed E-state index contributed by atoms with van der Waals surface area (Å²) in [4.78, 5) is 0. The molecule has 2 saturated carbocycles. The molecule has 0 aromatic rings. The van der Waals surface area contributed by atoms with Gasteiger partial charge in [0.25, 0.3) is 0 Å². The zero-order valence-electron chi connectivity index (χ0n) is 17.3. The number of hydrogen-bond acceptors (Lipinski definition) is 1. The van der Waals surface area contributed by atoms with Crippen molar-refractivity contribution >= 4 is 12.6 Å². The van der Waals surface area contributed by atoms with Crippen LogP contribution in [0, 0.1) is 10.8 Å². The van der Waals surface area contributed by atoms with E-state index in [0.29, 0.717) is 10.7 Å². The van der Waals surface area contributed by atoms with Crippen molar-refractivity contribution in [2.45, 2.75) is 109 Å². The van der Waals surface area contributed by atoms with E-state index in [2.05, 4.69) is 26.8 Å². The lowest BCUT2D eigenvalue weighted by atomic mass is 9.64. The van der Waals surface area contributed by atoms with Crippen molar-refractivity contribution in [2.75, 3.05) is 0 Å². The van der Waals surface area contributed by atoms with Gasteiger partial charge in [-0.3, -0.25) is 0 Å². The van der Waals surface area contributed by atoms with Crippen molar-refractivity contribution in [2.24, 2.45) is 10.8 Å². The van der Waals surface area contributed by atoms with E-state index in [1.165, 1.54) is 83.5 Å². The highest BCUT2D eigenvalue weighted by Crippen LogP contribution is 2.70. The summed E-state index contributed by atoms with van der Waals surface area (Å²) >= 11 is 5.18. The molecule has 0 aromatic carbocycles. The van der Waals surface area contributed by atoms with Crippen molar-refractivity contribution in [3.05, 3.63) is 33.9 Å². The van der Waals surface area contributed by atoms with Crippen LogP contribution in [0.1, 0.15) is 104 Å². The summed E-state index contributed by atoms with van der Waals surface area (Å²) < 4.78 is 0. The second kappa shape index (κ2) is 7.19. The molecular weight excluding hydrogens is 332 g/mol. The van der Waals surface area contributed by atoms with Gasteiger partial charge in [0.1, 0.15) is 0 Å². The predicted octanol–water partition coefficient (Wildman–Crippen LogP) is 7.96. The van der Waals surface area contributed by atoms with Crippen LogP contribution in [0.25, 0.3) is 0 Å². The minimum absolute atomic E-state index is 0.245. The van der Waals surface area contributed by atoms with E-state index in [-0.39, 0.29) is 5.41 Å². The van der Waals surface area contributed by atoms with Gasteiger partial charge in [-0.05, 0) is 51.4 Å². The Morgan fingerprint density at radius 1 is 0.962 bits per heavy atom. The van der Waals surface area contributed by atoms with E-state index < -0.39 is 0 Å². The summed E-state index contributed by atoms with van der Waals surface area (Å²) in [5, 5.41) is 0.499. The standard InChI is InChI=1S/C25H38S/c1-4-5-6-7-8-9-10-18-13-19-11-12-23(26)25(3,16-18)24(2)17-22(24)21-14-20(19)15-21/h16,23,26H,4-15,17H2,1-3H3/b18-16+,20-19?,22-21?. The van der Waals surface area contributed by atoms with E-state index in [4.69, 9.17) is 12.6 Å². The Morgan fingerprint density at radius 3 is 2.46 bits per heavy atom. The normalized spacial score (nSPS) is 37.7. The van der Waals surface area contributed by atoms with E-state index >= 15 is 0 Å². The van der Waals surface area contributed by atoms with Gasteiger partial charge in [0.2, 0.25) is 0 Å². The lowest BCUT2D eigenvalue weighted by Gasteiger charge is -2.43. The average Bonchev–Trinajstić information content (AvgIpc) is 3.25. The van der Waals surface area contributed by atoms with Gasteiger partial charge in [-0.15, -0.1) is 0 Å². The van der Waals surface area contributed by atoms with Gasteiger partial charge >= 0.3 is 0 Å². The Hall–Kier alpha value is -0.430. The van der Waals surface area contributed by atoms with E-state index in [1.54, 1.807) is 27.9 Å². The minimum Gasteiger partial charge on any atom is -0.175 e. The molecule has 0 spiro atoms. The van der Waals surface area contributed by atoms with Crippen LogP contribution in [0.15, 0.2) is 33.9 Å². The summed E-state index contributed by atoms with van der Waals surface area (Å²) in [6.45, 7) is 7.39. The maximum absolute atomic E-state index is 5.18. The van der Waals surface area contributed by atoms with Gasteiger partial charge in [0.15, 0.2) is 0 Å². The van der Waals surface area contributed by atoms with Crippen molar-refractivity contribution in [1.82, 2.24) is 0 Å². The Morgan fingerprint density at radius 2 is 1.69 bits per heavy atom. The molecule has 0 amide bonds. The molecule has 0 aliphatic heterocycles. The van der Waals surface area contributed by atoms with Crippen molar-refractivity contribution in [3.63, 3.8) is 0 Å². The number of rotatable bonds is 7. The first-order valence-corrected chi connectivity index (χ1v) is 11.8. The molecule has 2 fully saturated rings. The molecular formula is C25H38S. The lowest BCUT2D eigenvalue weighted by Crippen LogP contribution is -2.37. The van der Waals surface area contributed by atoms with Gasteiger partial charge in [0, 0.05) is 16.1 Å². The van der Waals surface area contributed by atoms with Gasteiger partial charge in [-0.2, -0.15) is 12.6 Å². The molecule has 0 saturated heterocycles. The van der Waals surface area contributed by atoms with Gasteiger partial charge < -0.3 is 0 Å². The molecule has 3 unspecified atom stereocenters. The number of thiol groups is 1. The smallest absolute Gasteiger partial charge is 0.0117 e. The highest BCUT2D eigenvalue weighted by Gasteiger charge is 2.60. The molecule has 0 N–H and O–H groups in total. The molecule has 7 rings (SSSR count). The third-order valence-corrected chi connectivity index (χ3v) is 9.04. The van der Waals surface area contributed by atoms with Crippen LogP contribution in [-0.4, -0.2) is 5.25 Å². The molecule has 144 valence electrons. The van der Waals surface area contributed by atoms with Crippen LogP contribution in [0.3, 0.4) is 0 Å². The van der Waals surface area contributed by atoms with Crippen molar-refractivity contribution < 1.29 is 0 Å². The first kappa shape index (κ1) is 18.9. The first-order chi connectivity index (χ1) is 12.5. The lowest BCUT2D eigenvalue weighted by molar-refractivity contribution is 0.244. The Balaban J connectivity index is 1.56. The van der Waals surface area contributed by atoms with Gasteiger partial charge in [-0.1, -0.05) is 86.8 Å². The fourth-order valence-electron chi connectivity index (χ4n) is 5.93. The molecule has 7 aliphatic carbocycles. The van der Waals surface area contributed by atoms with Crippen LogP contribution < -0.4 is 0 Å². The maximum Gasteiger partial charge on any atom is 0.0117 e. The second-order valence-corrected chi connectivity index (χ2v) is 10.6. The van der Waals surface area contributed by atoms with Crippen molar-refractivity contribution in [1.29, 1.82) is 0 Å². The largest absolute Gasteiger partial charge is 0.175 e. The van der Waals surface area contributed by atoms with Gasteiger partial charge in [0.05, 0.1) is 0 Å². The third-order valence-electron chi connectivity index (χ3n) is 8.25. The molecule has 3 atom stereocenters. The van der Waals surface area contributed by atoms with Crippen LogP contribution in [0.2, 0.25) is 0 Å². The molecule has 4 bridgehead atoms. The SMILES string of the molecule is CCCCCCCC/C1=C\C2(C)C(S)CCC(=C3CC(=C4CC42C)C3)C1. The zero-order valence-corrected chi connectivity index (χ0v) is 18.2. The molecule has 7 aliphatic rings. The van der Waals surface area contributed by atoms with Crippen LogP contribution in [0.4, 0.5) is 0 Å². The summed E-state index contributed by atoms with van der Waals surface area (Å²) in [7, 11) is 0. The zero-order chi connectivity index (χ0) is 18.4. The maximum atomic E-state index is 5.18. The summed E-state index contributed by atoms with van der Waals surface area (Å²) in [6, 6.07) is 0. The highest BCUT2D eigenvalue weighted by atomic mass is 32.1. The monoisotopic (exact) mass is 370 g/mol. The van der Waals surface area contributed by atoms with E-state index in [9.17, 15) is 0 Å². The highest BCUT2D eigenvalue weighted by molar-refractivity contribution is 7.81. The average molecular weight is 371 g/mol. The molecule has 26 heavy (non-hydrogen) atoms. The van der Waals surface area contributed by atoms with E-state index in [0.717, 1.165) is 0 Å². The summed E-state index contributed by atoms with van der Waals surface area (Å²) in [5.41, 5.74) is 9.56. The topological polar surface area (TPSA) is 0 Å². The summed E-state index contributed by atoms with van der Waals surface area (Å²) in [6.07, 6.45) is 20.3. The molecule has 0 nitrogen and oxygen atoms in total. The van der Waals surface area contributed by atoms with Crippen LogP contribution in [0.5, 0.6) is 0 Å². The number of allylic oxidation sites excluding steroid dienone is 6. The fourth-order valence-corrected chi connectivity index (χ4v) is 6.42. The van der Waals surface area contributed by atoms with Crippen molar-refractivity contribution in [3.8, 4) is 0 Å². The fraction of sp³-hybridized carbons (Fsp3) is 0.760. The number of hydrogen-bond donors (Lipinski definition) is 1. The van der Waals surface area contributed by atoms with E-state index in [1.807, 2.05) is 0 Å². The van der Waals surface area contributed by atoms with Gasteiger partial charge in [-0.25, -0.2) is 0 Å². The Bertz CT molecular complexity index is 654. The molecule has 0 radical (unpaired) electrons. The van der Waals surface area contributed by atoms with Crippen LogP contribution in [-0.2, 0) is 0 Å². The third kappa shape index (κ3) is 3.17. The number of unbranched alkanes of at least 4 members (excludes halogenated alkanes) is 5. The second-order valence-electron chi connectivity index (χ2n) is 9.99. The summed E-state index contributed by atoms with van der Waals surface area (Å²) in [5.74, 6) is 0. The quantitative estimate of drug-likeness (QED) is 0.262. The first-order valence-electron chi connectivity index (χ1n) is 11.3. The molecule has 0 heterocycles. The minimum atomic E-state index is 0.245. The predicted molar refractivity (Wildman–Crippen MR) is 117 cm³/mol. The Labute approximate surface area is 167 Å².